The Hall–Kier alpha value is -0.193. The molecule has 4 heteroatoms. The van der Waals surface area contributed by atoms with Crippen LogP contribution in [0.4, 0.5) is 0 Å². The predicted octanol–water partition coefficient (Wildman–Crippen LogP) is 4.48. The fourth-order valence-electron chi connectivity index (χ4n) is 1.40. The monoisotopic (exact) mass is 287 g/mol. The van der Waals surface area contributed by atoms with Crippen LogP contribution >= 0.6 is 0 Å². The highest BCUT2D eigenvalue weighted by molar-refractivity contribution is 6.74. The molecule has 0 atom stereocenters. The summed E-state index contributed by atoms with van der Waals surface area (Å²) in [7, 11) is -1.62. The molecule has 0 aliphatic rings. The van der Waals surface area contributed by atoms with E-state index in [1.165, 1.54) is 6.21 Å². The molecule has 0 aromatic rings. The maximum Gasteiger partial charge on any atom is 0.192 e. The van der Waals surface area contributed by atoms with Gasteiger partial charge in [0.2, 0.25) is 0 Å². The molecule has 1 N–H and O–H groups in total. The van der Waals surface area contributed by atoms with Gasteiger partial charge in [-0.25, -0.2) is 0 Å². The van der Waals surface area contributed by atoms with Gasteiger partial charge in [-0.3, -0.25) is 0 Å². The van der Waals surface area contributed by atoms with Crippen molar-refractivity contribution in [2.75, 3.05) is 19.8 Å². The molecule has 0 aliphatic heterocycles. The van der Waals surface area contributed by atoms with Crippen LogP contribution in [-0.4, -0.2) is 34.4 Å². The summed E-state index contributed by atoms with van der Waals surface area (Å²) >= 11 is 0. The van der Waals surface area contributed by atoms with Crippen LogP contribution in [0, 0.1) is 10.8 Å². The minimum Gasteiger partial charge on any atom is -0.414 e. The lowest BCUT2D eigenvalue weighted by Crippen LogP contribution is -2.41. The van der Waals surface area contributed by atoms with Crippen molar-refractivity contribution in [1.29, 1.82) is 5.41 Å². The molecule has 0 aliphatic carbocycles. The van der Waals surface area contributed by atoms with E-state index in [1.54, 1.807) is 0 Å². The van der Waals surface area contributed by atoms with Crippen molar-refractivity contribution in [3.8, 4) is 0 Å². The molecule has 0 saturated heterocycles. The molecule has 0 rings (SSSR count). The van der Waals surface area contributed by atoms with E-state index in [2.05, 4.69) is 47.7 Å². The second-order valence-corrected chi connectivity index (χ2v) is 12.4. The van der Waals surface area contributed by atoms with Crippen LogP contribution in [0.25, 0.3) is 0 Å². The Morgan fingerprint density at radius 3 is 2.05 bits per heavy atom. The zero-order valence-corrected chi connectivity index (χ0v) is 14.9. The molecule has 0 amide bonds. The number of hydrogen-bond donors (Lipinski definition) is 1. The molecular formula is C15H33NO2Si. The van der Waals surface area contributed by atoms with Crippen LogP contribution in [0.1, 0.15) is 47.5 Å². The Morgan fingerprint density at radius 2 is 1.58 bits per heavy atom. The van der Waals surface area contributed by atoms with Crippen LogP contribution in [0.3, 0.4) is 0 Å². The summed E-state index contributed by atoms with van der Waals surface area (Å²) in [6.07, 6.45) is 3.29. The fourth-order valence-corrected chi connectivity index (χ4v) is 2.43. The van der Waals surface area contributed by atoms with Crippen LogP contribution in [0.5, 0.6) is 0 Å². The van der Waals surface area contributed by atoms with Gasteiger partial charge in [-0.1, -0.05) is 34.6 Å². The van der Waals surface area contributed by atoms with Gasteiger partial charge in [0.05, 0.1) is 13.2 Å². The third kappa shape index (κ3) is 7.85. The van der Waals surface area contributed by atoms with E-state index in [0.717, 1.165) is 19.4 Å². The van der Waals surface area contributed by atoms with Gasteiger partial charge >= 0.3 is 0 Å². The molecule has 0 heterocycles. The lowest BCUT2D eigenvalue weighted by atomic mass is 9.87. The maximum atomic E-state index is 7.15. The summed E-state index contributed by atoms with van der Waals surface area (Å²) in [5.74, 6) is 0. The SMILES string of the molecule is CC(C)(CC=N)CCOCCO[Si](C)(C)C(C)(C)C. The fraction of sp³-hybridized carbons (Fsp3) is 0.933. The highest BCUT2D eigenvalue weighted by atomic mass is 28.4. The molecule has 3 nitrogen and oxygen atoms in total. The van der Waals surface area contributed by atoms with Crippen LogP contribution in [0.2, 0.25) is 18.1 Å². The third-order valence-electron chi connectivity index (χ3n) is 4.07. The van der Waals surface area contributed by atoms with E-state index in [0.29, 0.717) is 13.2 Å². The summed E-state index contributed by atoms with van der Waals surface area (Å²) in [5.41, 5.74) is 0.169. The molecular weight excluding hydrogens is 254 g/mol. The molecule has 0 bridgehead atoms. The number of hydrogen-bond acceptors (Lipinski definition) is 3. The van der Waals surface area contributed by atoms with Gasteiger partial charge in [-0.15, -0.1) is 0 Å². The Balaban J connectivity index is 3.75. The van der Waals surface area contributed by atoms with Crippen molar-refractivity contribution in [3.05, 3.63) is 0 Å². The standard InChI is InChI=1S/C15H33NO2Si/c1-14(2,3)19(6,7)18-13-12-17-11-9-15(4,5)8-10-16/h10,16H,8-9,11-13H2,1-7H3. The van der Waals surface area contributed by atoms with Crippen molar-refractivity contribution < 1.29 is 9.16 Å². The molecule has 0 aromatic carbocycles. The van der Waals surface area contributed by atoms with Crippen molar-refractivity contribution in [1.82, 2.24) is 0 Å². The van der Waals surface area contributed by atoms with Gasteiger partial charge in [0.1, 0.15) is 0 Å². The minimum absolute atomic E-state index is 0.169. The van der Waals surface area contributed by atoms with Gasteiger partial charge in [-0.2, -0.15) is 0 Å². The third-order valence-corrected chi connectivity index (χ3v) is 8.61. The van der Waals surface area contributed by atoms with Gasteiger partial charge in [0.25, 0.3) is 0 Å². The number of rotatable bonds is 9. The zero-order valence-electron chi connectivity index (χ0n) is 13.9. The first kappa shape index (κ1) is 18.8. The number of nitrogens with one attached hydrogen (secondary N) is 1. The number of ether oxygens (including phenoxy) is 1. The molecule has 0 aromatic heterocycles. The first-order valence-electron chi connectivity index (χ1n) is 7.22. The molecule has 114 valence electrons. The summed E-state index contributed by atoms with van der Waals surface area (Å²) in [6.45, 7) is 17.7. The highest BCUT2D eigenvalue weighted by Gasteiger charge is 2.36. The van der Waals surface area contributed by atoms with Gasteiger partial charge in [0.15, 0.2) is 8.32 Å². The second kappa shape index (κ2) is 7.55. The smallest absolute Gasteiger partial charge is 0.192 e. The van der Waals surface area contributed by atoms with Gasteiger partial charge < -0.3 is 14.6 Å². The van der Waals surface area contributed by atoms with E-state index in [9.17, 15) is 0 Å². The molecule has 0 spiro atoms. The average Bonchev–Trinajstić information content (AvgIpc) is 2.21. The topological polar surface area (TPSA) is 42.3 Å². The summed E-state index contributed by atoms with van der Waals surface area (Å²) in [4.78, 5) is 0. The minimum atomic E-state index is -1.62. The van der Waals surface area contributed by atoms with Crippen molar-refractivity contribution in [2.45, 2.75) is 65.6 Å². The summed E-state index contributed by atoms with van der Waals surface area (Å²) < 4.78 is 11.7. The lowest BCUT2D eigenvalue weighted by molar-refractivity contribution is 0.0765. The van der Waals surface area contributed by atoms with Gasteiger partial charge in [-0.05, 0) is 42.6 Å². The van der Waals surface area contributed by atoms with E-state index in [1.807, 2.05) is 0 Å². The quantitative estimate of drug-likeness (QED) is 0.386. The average molecular weight is 288 g/mol. The lowest BCUT2D eigenvalue weighted by Gasteiger charge is -2.36. The van der Waals surface area contributed by atoms with E-state index >= 15 is 0 Å². The molecule has 0 radical (unpaired) electrons. The highest BCUT2D eigenvalue weighted by Crippen LogP contribution is 2.36. The van der Waals surface area contributed by atoms with E-state index in [-0.39, 0.29) is 10.5 Å². The molecule has 0 fully saturated rings. The Morgan fingerprint density at radius 1 is 1.00 bits per heavy atom. The van der Waals surface area contributed by atoms with Crippen molar-refractivity contribution in [2.24, 2.45) is 5.41 Å². The first-order valence-corrected chi connectivity index (χ1v) is 10.1. The normalized spacial score (nSPS) is 13.6. The molecule has 19 heavy (non-hydrogen) atoms. The van der Waals surface area contributed by atoms with Crippen LogP contribution < -0.4 is 0 Å². The first-order chi connectivity index (χ1) is 8.52. The van der Waals surface area contributed by atoms with Gasteiger partial charge in [0, 0.05) is 6.61 Å². The summed E-state index contributed by atoms with van der Waals surface area (Å²) in [6, 6.07) is 0. The molecule has 0 unspecified atom stereocenters. The zero-order chi connectivity index (χ0) is 15.2. The summed E-state index contributed by atoms with van der Waals surface area (Å²) in [5, 5.41) is 7.41. The van der Waals surface area contributed by atoms with E-state index < -0.39 is 8.32 Å². The maximum absolute atomic E-state index is 7.15. The van der Waals surface area contributed by atoms with Crippen molar-refractivity contribution in [3.63, 3.8) is 0 Å². The van der Waals surface area contributed by atoms with Crippen LogP contribution in [-0.2, 0) is 9.16 Å². The van der Waals surface area contributed by atoms with Crippen LogP contribution in [0.15, 0.2) is 0 Å². The Bertz CT molecular complexity index is 270. The van der Waals surface area contributed by atoms with Crippen molar-refractivity contribution >= 4 is 14.5 Å². The second-order valence-electron chi connectivity index (χ2n) is 7.54. The predicted molar refractivity (Wildman–Crippen MR) is 85.8 cm³/mol. The molecule has 0 saturated carbocycles. The Kier molecular flexibility index (Phi) is 7.48. The largest absolute Gasteiger partial charge is 0.414 e. The van der Waals surface area contributed by atoms with E-state index in [4.69, 9.17) is 14.6 Å². The Labute approximate surface area is 120 Å².